The van der Waals surface area contributed by atoms with Crippen LogP contribution >= 0.6 is 0 Å². The predicted molar refractivity (Wildman–Crippen MR) is 150 cm³/mol. The van der Waals surface area contributed by atoms with Crippen LogP contribution in [0.1, 0.15) is 46.4 Å². The van der Waals surface area contributed by atoms with Crippen LogP contribution in [-0.4, -0.2) is 56.4 Å². The van der Waals surface area contributed by atoms with E-state index in [-0.39, 0.29) is 34.4 Å². The molecule has 5 rings (SSSR count). The van der Waals surface area contributed by atoms with Crippen LogP contribution < -0.4 is 21.9 Å². The van der Waals surface area contributed by atoms with E-state index in [1.165, 1.54) is 12.3 Å². The second-order valence-corrected chi connectivity index (χ2v) is 12.4. The first-order chi connectivity index (χ1) is 18.8. The quantitative estimate of drug-likeness (QED) is 0.353. The zero-order valence-electron chi connectivity index (χ0n) is 23.3. The number of likely N-dealkylation sites (tertiary alicyclic amines) is 1. The third kappa shape index (κ3) is 4.80. The second-order valence-electron chi connectivity index (χ2n) is 12.4. The highest BCUT2D eigenvalue weighted by Crippen LogP contribution is 2.65. The summed E-state index contributed by atoms with van der Waals surface area (Å²) in [5, 5.41) is 15.6. The molecule has 11 nitrogen and oxygen atoms in total. The van der Waals surface area contributed by atoms with Gasteiger partial charge in [-0.3, -0.25) is 19.2 Å². The molecule has 1 unspecified atom stereocenters. The van der Waals surface area contributed by atoms with E-state index in [4.69, 9.17) is 5.73 Å². The molecule has 1 saturated carbocycles. The van der Waals surface area contributed by atoms with Crippen LogP contribution in [0.4, 0.5) is 5.69 Å². The number of H-pyrrole nitrogens is 1. The highest BCUT2D eigenvalue weighted by Gasteiger charge is 2.69. The number of nitrogens with zero attached hydrogens (tertiary/aromatic N) is 3. The molecule has 40 heavy (non-hydrogen) atoms. The van der Waals surface area contributed by atoms with E-state index in [9.17, 15) is 19.2 Å². The van der Waals surface area contributed by atoms with Crippen LogP contribution in [0.3, 0.4) is 0 Å². The number of carbonyl (C=O) groups is 3. The summed E-state index contributed by atoms with van der Waals surface area (Å²) in [7, 11) is 0. The highest BCUT2D eigenvalue weighted by atomic mass is 16.2. The molecule has 1 saturated heterocycles. The largest absolute Gasteiger partial charge is 0.372 e. The van der Waals surface area contributed by atoms with Crippen molar-refractivity contribution >= 4 is 34.2 Å². The third-order valence-electron chi connectivity index (χ3n) is 8.41. The van der Waals surface area contributed by atoms with Gasteiger partial charge in [0.05, 0.1) is 11.9 Å². The van der Waals surface area contributed by atoms with Crippen LogP contribution in [0.5, 0.6) is 0 Å². The Balaban J connectivity index is 1.45. The van der Waals surface area contributed by atoms with Gasteiger partial charge in [-0.2, -0.15) is 10.2 Å². The van der Waals surface area contributed by atoms with Gasteiger partial charge in [-0.15, -0.1) is 0 Å². The van der Waals surface area contributed by atoms with Crippen LogP contribution in [0.15, 0.2) is 53.6 Å². The molecule has 1 aliphatic carbocycles. The molecule has 2 aromatic heterocycles. The maximum atomic E-state index is 14.1. The van der Waals surface area contributed by atoms with Gasteiger partial charge in [-0.05, 0) is 28.7 Å². The average molecular weight is 546 g/mol. The van der Waals surface area contributed by atoms with Gasteiger partial charge in [-0.25, -0.2) is 0 Å². The number of nitrogens with two attached hydrogens (primary N) is 1. The minimum atomic E-state index is -1.22. The van der Waals surface area contributed by atoms with Crippen LogP contribution in [0.25, 0.3) is 10.8 Å². The summed E-state index contributed by atoms with van der Waals surface area (Å²) < 4.78 is 0. The van der Waals surface area contributed by atoms with E-state index < -0.39 is 35.4 Å². The average Bonchev–Trinajstić information content (AvgIpc) is 3.22. The zero-order chi connectivity index (χ0) is 29.0. The normalized spacial score (nSPS) is 22.7. The molecular weight excluding hydrogens is 510 g/mol. The fraction of sp³-hybridized carbons (Fsp3) is 0.448. The van der Waals surface area contributed by atoms with E-state index in [2.05, 4.69) is 39.7 Å². The number of piperidine rings is 1. The Bertz CT molecular complexity index is 1520. The van der Waals surface area contributed by atoms with Gasteiger partial charge in [0.25, 0.3) is 0 Å². The lowest BCUT2D eigenvalue weighted by atomic mass is 9.85. The molecule has 5 atom stereocenters. The Morgan fingerprint density at radius 1 is 1.15 bits per heavy atom. The summed E-state index contributed by atoms with van der Waals surface area (Å²) in [6, 6.07) is 7.58. The summed E-state index contributed by atoms with van der Waals surface area (Å²) in [6.07, 6.45) is 3.10. The highest BCUT2D eigenvalue weighted by molar-refractivity contribution is 5.97. The Hall–Kier alpha value is -4.28. The zero-order valence-corrected chi connectivity index (χ0v) is 23.3. The van der Waals surface area contributed by atoms with Crippen LogP contribution in [-0.2, 0) is 14.4 Å². The molecule has 3 aromatic rings. The molecule has 3 heterocycles. The Kier molecular flexibility index (Phi) is 6.63. The SMILES string of the molecule is CC(C)(C)[C@H](Nc1ccc(=O)[nH]c1)C(=O)N1C[C@H]2[C@@H]([C@H]1C(=O)NC(C(N)=O)c1nncc3ccccc13)C2(C)C. The predicted octanol–water partition coefficient (Wildman–Crippen LogP) is 1.97. The van der Waals surface area contributed by atoms with Crippen molar-refractivity contribution in [2.75, 3.05) is 11.9 Å². The minimum Gasteiger partial charge on any atom is -0.372 e. The number of nitrogens with one attached hydrogen (secondary N) is 3. The molecule has 3 amide bonds. The molecule has 0 radical (unpaired) electrons. The number of pyridine rings is 1. The summed E-state index contributed by atoms with van der Waals surface area (Å²) in [5.41, 5.74) is 5.70. The number of fused-ring (bicyclic) bond motifs is 2. The van der Waals surface area contributed by atoms with Gasteiger partial charge < -0.3 is 26.3 Å². The summed E-state index contributed by atoms with van der Waals surface area (Å²) in [5.74, 6) is -1.39. The molecule has 210 valence electrons. The number of benzene rings is 1. The number of anilines is 1. The fourth-order valence-corrected chi connectivity index (χ4v) is 6.06. The lowest BCUT2D eigenvalue weighted by Crippen LogP contribution is -2.57. The van der Waals surface area contributed by atoms with E-state index in [1.807, 2.05) is 39.0 Å². The van der Waals surface area contributed by atoms with Crippen molar-refractivity contribution in [1.29, 1.82) is 0 Å². The number of amides is 3. The number of rotatable bonds is 7. The molecule has 2 aliphatic rings. The Labute approximate surface area is 231 Å². The Morgan fingerprint density at radius 2 is 1.88 bits per heavy atom. The van der Waals surface area contributed by atoms with Gasteiger partial charge in [0.15, 0.2) is 6.04 Å². The molecule has 0 bridgehead atoms. The molecule has 1 aromatic carbocycles. The Morgan fingerprint density at radius 3 is 2.52 bits per heavy atom. The van der Waals surface area contributed by atoms with E-state index in [1.54, 1.807) is 23.2 Å². The molecule has 1 aliphatic heterocycles. The van der Waals surface area contributed by atoms with Gasteiger partial charge >= 0.3 is 0 Å². The monoisotopic (exact) mass is 545 g/mol. The first-order valence-corrected chi connectivity index (χ1v) is 13.4. The minimum absolute atomic E-state index is 0.0720. The van der Waals surface area contributed by atoms with Gasteiger partial charge in [0, 0.05) is 29.6 Å². The number of carbonyl (C=O) groups excluding carboxylic acids is 3. The third-order valence-corrected chi connectivity index (χ3v) is 8.41. The first kappa shape index (κ1) is 27.3. The molecular formula is C29H35N7O4. The van der Waals surface area contributed by atoms with Gasteiger partial charge in [0.2, 0.25) is 23.3 Å². The fourth-order valence-electron chi connectivity index (χ4n) is 6.06. The first-order valence-electron chi connectivity index (χ1n) is 13.4. The molecule has 11 heteroatoms. The van der Waals surface area contributed by atoms with Crippen molar-refractivity contribution in [2.24, 2.45) is 28.4 Å². The molecule has 2 fully saturated rings. The van der Waals surface area contributed by atoms with Crippen molar-refractivity contribution in [3.8, 4) is 0 Å². The van der Waals surface area contributed by atoms with Crippen LogP contribution in [0, 0.1) is 22.7 Å². The van der Waals surface area contributed by atoms with Crippen molar-refractivity contribution in [3.63, 3.8) is 0 Å². The van der Waals surface area contributed by atoms with Crippen LogP contribution in [0.2, 0.25) is 0 Å². The number of hydrogen-bond donors (Lipinski definition) is 4. The standard InChI is InChI=1S/C29H35N7O4/c1-28(2,3)24(33-16-10-11-19(37)31-13-16)27(40)36-14-18-20(29(18,4)5)23(36)26(39)34-22(25(30)38)21-17-9-7-6-8-15(17)12-32-35-21/h6-13,18,20,22-24,33H,14H2,1-5H3,(H2,30,38)(H,31,37)(H,34,39)/t18-,20-,22?,23-,24+/m0/s1. The van der Waals surface area contributed by atoms with Crippen molar-refractivity contribution in [1.82, 2.24) is 25.4 Å². The number of primary amides is 1. The smallest absolute Gasteiger partial charge is 0.248 e. The summed E-state index contributed by atoms with van der Waals surface area (Å²) >= 11 is 0. The van der Waals surface area contributed by atoms with E-state index in [0.29, 0.717) is 17.6 Å². The van der Waals surface area contributed by atoms with E-state index in [0.717, 1.165) is 5.39 Å². The lowest BCUT2D eigenvalue weighted by Gasteiger charge is -2.38. The summed E-state index contributed by atoms with van der Waals surface area (Å²) in [6.45, 7) is 10.4. The number of aromatic amines is 1. The van der Waals surface area contributed by atoms with Gasteiger partial charge in [0.1, 0.15) is 17.8 Å². The second kappa shape index (κ2) is 9.72. The van der Waals surface area contributed by atoms with Crippen molar-refractivity contribution in [3.05, 3.63) is 64.8 Å². The molecule has 0 spiro atoms. The van der Waals surface area contributed by atoms with Crippen molar-refractivity contribution in [2.45, 2.75) is 52.7 Å². The maximum absolute atomic E-state index is 14.1. The number of hydrogen-bond acceptors (Lipinski definition) is 7. The number of aromatic nitrogens is 3. The summed E-state index contributed by atoms with van der Waals surface area (Å²) in [4.78, 5) is 56.5. The van der Waals surface area contributed by atoms with E-state index >= 15 is 0 Å². The topological polar surface area (TPSA) is 163 Å². The maximum Gasteiger partial charge on any atom is 0.248 e. The van der Waals surface area contributed by atoms with Crippen molar-refractivity contribution < 1.29 is 14.4 Å². The lowest BCUT2D eigenvalue weighted by molar-refractivity contribution is -0.143. The van der Waals surface area contributed by atoms with Gasteiger partial charge in [-0.1, -0.05) is 58.9 Å². The molecule has 5 N–H and O–H groups in total.